The summed E-state index contributed by atoms with van der Waals surface area (Å²) >= 11 is 5.93. The number of hydrogen-bond donors (Lipinski definition) is 2. The van der Waals surface area contributed by atoms with Gasteiger partial charge in [-0.25, -0.2) is 0 Å². The predicted octanol–water partition coefficient (Wildman–Crippen LogP) is 1.60. The molecule has 94 valence electrons. The smallest absolute Gasteiger partial charge is 0.252 e. The molecule has 17 heavy (non-hydrogen) atoms. The number of halogens is 1. The van der Waals surface area contributed by atoms with Crippen LogP contribution in [-0.2, 0) is 0 Å². The van der Waals surface area contributed by atoms with E-state index in [0.29, 0.717) is 22.8 Å². The number of rotatable bonds is 5. The van der Waals surface area contributed by atoms with Crippen LogP contribution in [0.1, 0.15) is 16.8 Å². The number of hydrogen-bond acceptors (Lipinski definition) is 3. The van der Waals surface area contributed by atoms with Gasteiger partial charge in [-0.2, -0.15) is 0 Å². The molecule has 0 radical (unpaired) electrons. The summed E-state index contributed by atoms with van der Waals surface area (Å²) in [7, 11) is 3.99. The van der Waals surface area contributed by atoms with Gasteiger partial charge < -0.3 is 16.0 Å². The monoisotopic (exact) mass is 255 g/mol. The highest BCUT2D eigenvalue weighted by Gasteiger charge is 2.09. The average Bonchev–Trinajstić information content (AvgIpc) is 2.27. The van der Waals surface area contributed by atoms with E-state index in [1.807, 2.05) is 14.1 Å². The summed E-state index contributed by atoms with van der Waals surface area (Å²) in [5.74, 6) is -0.180. The average molecular weight is 256 g/mol. The molecule has 0 aliphatic carbocycles. The molecular formula is C12H18ClN3O. The molecule has 0 fully saturated rings. The fraction of sp³-hybridized carbons (Fsp3) is 0.417. The first-order valence-electron chi connectivity index (χ1n) is 5.48. The fourth-order valence-corrected chi connectivity index (χ4v) is 1.61. The molecule has 0 aromatic heterocycles. The molecule has 5 heteroatoms. The third kappa shape index (κ3) is 4.63. The van der Waals surface area contributed by atoms with E-state index < -0.39 is 0 Å². The lowest BCUT2D eigenvalue weighted by atomic mass is 10.2. The molecule has 0 spiro atoms. The van der Waals surface area contributed by atoms with E-state index in [9.17, 15) is 4.79 Å². The Morgan fingerprint density at radius 2 is 2.18 bits per heavy atom. The molecule has 4 nitrogen and oxygen atoms in total. The van der Waals surface area contributed by atoms with Crippen molar-refractivity contribution in [2.24, 2.45) is 0 Å². The largest absolute Gasteiger partial charge is 0.399 e. The molecule has 3 N–H and O–H groups in total. The van der Waals surface area contributed by atoms with Crippen molar-refractivity contribution in [3.05, 3.63) is 28.8 Å². The number of carbonyl (C=O) groups excluding carboxylic acids is 1. The number of carbonyl (C=O) groups is 1. The van der Waals surface area contributed by atoms with Gasteiger partial charge in [0.1, 0.15) is 0 Å². The summed E-state index contributed by atoms with van der Waals surface area (Å²) in [6.45, 7) is 1.56. The van der Waals surface area contributed by atoms with Crippen molar-refractivity contribution >= 4 is 23.2 Å². The maximum atomic E-state index is 11.8. The molecular weight excluding hydrogens is 238 g/mol. The standard InChI is InChI=1S/C12H18ClN3O/c1-16(2)7-3-6-15-12(17)10-8-9(14)4-5-11(10)13/h4-5,8H,3,6-7,14H2,1-2H3,(H,15,17). The van der Waals surface area contributed by atoms with Crippen LogP contribution in [0.15, 0.2) is 18.2 Å². The zero-order valence-corrected chi connectivity index (χ0v) is 10.9. The number of nitrogens with zero attached hydrogens (tertiary/aromatic N) is 1. The Labute approximate surface area is 107 Å². The van der Waals surface area contributed by atoms with E-state index >= 15 is 0 Å². The van der Waals surface area contributed by atoms with Crippen molar-refractivity contribution < 1.29 is 4.79 Å². The molecule has 0 saturated carbocycles. The zero-order valence-electron chi connectivity index (χ0n) is 10.2. The van der Waals surface area contributed by atoms with Crippen molar-refractivity contribution in [2.45, 2.75) is 6.42 Å². The molecule has 0 aliphatic heterocycles. The van der Waals surface area contributed by atoms with E-state index in [2.05, 4.69) is 10.2 Å². The Hall–Kier alpha value is -1.26. The number of benzene rings is 1. The van der Waals surface area contributed by atoms with Gasteiger partial charge >= 0.3 is 0 Å². The van der Waals surface area contributed by atoms with E-state index in [0.717, 1.165) is 13.0 Å². The Morgan fingerprint density at radius 3 is 2.82 bits per heavy atom. The number of nitrogens with two attached hydrogens (primary N) is 1. The molecule has 0 heterocycles. The Kier molecular flexibility index (Phi) is 5.25. The minimum absolute atomic E-state index is 0.180. The molecule has 1 aromatic carbocycles. The van der Waals surface area contributed by atoms with Crippen LogP contribution in [0.2, 0.25) is 5.02 Å². The topological polar surface area (TPSA) is 58.4 Å². The highest BCUT2D eigenvalue weighted by molar-refractivity contribution is 6.34. The molecule has 0 bridgehead atoms. The summed E-state index contributed by atoms with van der Waals surface area (Å²) < 4.78 is 0. The maximum absolute atomic E-state index is 11.8. The lowest BCUT2D eigenvalue weighted by molar-refractivity contribution is 0.0952. The quantitative estimate of drug-likeness (QED) is 0.621. The van der Waals surface area contributed by atoms with E-state index in [1.54, 1.807) is 18.2 Å². The van der Waals surface area contributed by atoms with Gasteiger partial charge in [-0.05, 0) is 45.3 Å². The summed E-state index contributed by atoms with van der Waals surface area (Å²) in [6, 6.07) is 4.89. The molecule has 0 unspecified atom stereocenters. The molecule has 1 rings (SSSR count). The first-order valence-corrected chi connectivity index (χ1v) is 5.86. The second-order valence-corrected chi connectivity index (χ2v) is 4.56. The van der Waals surface area contributed by atoms with Gasteiger partial charge in [0.25, 0.3) is 5.91 Å². The van der Waals surface area contributed by atoms with Gasteiger partial charge in [-0.15, -0.1) is 0 Å². The van der Waals surface area contributed by atoms with Gasteiger partial charge in [-0.3, -0.25) is 4.79 Å². The van der Waals surface area contributed by atoms with Crippen LogP contribution < -0.4 is 11.1 Å². The second kappa shape index (κ2) is 6.47. The van der Waals surface area contributed by atoms with Crippen LogP contribution in [0.5, 0.6) is 0 Å². The van der Waals surface area contributed by atoms with Gasteiger partial charge in [0.2, 0.25) is 0 Å². The lowest BCUT2D eigenvalue weighted by Gasteiger charge is -2.10. The summed E-state index contributed by atoms with van der Waals surface area (Å²) in [5.41, 5.74) is 6.58. The van der Waals surface area contributed by atoms with Crippen LogP contribution in [0.4, 0.5) is 5.69 Å². The lowest BCUT2D eigenvalue weighted by Crippen LogP contribution is -2.27. The van der Waals surface area contributed by atoms with E-state index in [-0.39, 0.29) is 5.91 Å². The normalized spacial score (nSPS) is 10.6. The zero-order chi connectivity index (χ0) is 12.8. The van der Waals surface area contributed by atoms with Crippen molar-refractivity contribution in [1.29, 1.82) is 0 Å². The fourth-order valence-electron chi connectivity index (χ4n) is 1.41. The third-order valence-corrected chi connectivity index (χ3v) is 2.63. The summed E-state index contributed by atoms with van der Waals surface area (Å²) in [5, 5.41) is 3.24. The number of anilines is 1. The molecule has 0 saturated heterocycles. The first kappa shape index (κ1) is 13.8. The van der Waals surface area contributed by atoms with Crippen molar-refractivity contribution in [3.8, 4) is 0 Å². The summed E-state index contributed by atoms with van der Waals surface area (Å²) in [4.78, 5) is 13.9. The Balaban J connectivity index is 2.49. The first-order chi connectivity index (χ1) is 8.00. The molecule has 0 aliphatic rings. The van der Waals surface area contributed by atoms with Crippen LogP contribution in [0.3, 0.4) is 0 Å². The maximum Gasteiger partial charge on any atom is 0.252 e. The highest BCUT2D eigenvalue weighted by atomic mass is 35.5. The van der Waals surface area contributed by atoms with Crippen LogP contribution in [0, 0.1) is 0 Å². The molecule has 1 amide bonds. The van der Waals surface area contributed by atoms with Crippen molar-refractivity contribution in [3.63, 3.8) is 0 Å². The van der Waals surface area contributed by atoms with E-state index in [4.69, 9.17) is 17.3 Å². The summed E-state index contributed by atoms with van der Waals surface area (Å²) in [6.07, 6.45) is 0.901. The Morgan fingerprint density at radius 1 is 1.47 bits per heavy atom. The number of nitrogen functional groups attached to an aromatic ring is 1. The second-order valence-electron chi connectivity index (χ2n) is 4.15. The van der Waals surface area contributed by atoms with E-state index in [1.165, 1.54) is 0 Å². The van der Waals surface area contributed by atoms with Crippen LogP contribution in [0.25, 0.3) is 0 Å². The van der Waals surface area contributed by atoms with Gasteiger partial charge in [0.05, 0.1) is 10.6 Å². The number of nitrogens with one attached hydrogen (secondary N) is 1. The number of amides is 1. The van der Waals surface area contributed by atoms with Gasteiger partial charge in [-0.1, -0.05) is 11.6 Å². The van der Waals surface area contributed by atoms with Crippen molar-refractivity contribution in [2.75, 3.05) is 32.9 Å². The Bertz CT molecular complexity index is 393. The van der Waals surface area contributed by atoms with Gasteiger partial charge in [0.15, 0.2) is 0 Å². The van der Waals surface area contributed by atoms with Crippen LogP contribution in [-0.4, -0.2) is 38.0 Å². The third-order valence-electron chi connectivity index (χ3n) is 2.30. The SMILES string of the molecule is CN(C)CCCNC(=O)c1cc(N)ccc1Cl. The molecule has 1 aromatic rings. The van der Waals surface area contributed by atoms with Gasteiger partial charge in [0, 0.05) is 12.2 Å². The highest BCUT2D eigenvalue weighted by Crippen LogP contribution is 2.18. The van der Waals surface area contributed by atoms with Crippen LogP contribution >= 0.6 is 11.6 Å². The minimum atomic E-state index is -0.180. The molecule has 0 atom stereocenters. The predicted molar refractivity (Wildman–Crippen MR) is 71.4 cm³/mol. The minimum Gasteiger partial charge on any atom is -0.399 e. The van der Waals surface area contributed by atoms with Crippen molar-refractivity contribution in [1.82, 2.24) is 10.2 Å².